The number of rotatable bonds is 4. The molecule has 1 aromatic carbocycles. The third-order valence-corrected chi connectivity index (χ3v) is 4.23. The molecule has 0 radical (unpaired) electrons. The number of halogens is 2. The Labute approximate surface area is 148 Å². The van der Waals surface area contributed by atoms with Gasteiger partial charge in [-0.1, -0.05) is 17.7 Å². The van der Waals surface area contributed by atoms with Crippen LogP contribution in [0.25, 0.3) is 0 Å². The Morgan fingerprint density at radius 3 is 2.92 bits per heavy atom. The van der Waals surface area contributed by atoms with Crippen molar-refractivity contribution < 1.29 is 9.13 Å². The quantitative estimate of drug-likeness (QED) is 0.641. The van der Waals surface area contributed by atoms with Gasteiger partial charge in [-0.05, 0) is 19.1 Å². The van der Waals surface area contributed by atoms with Crippen molar-refractivity contribution in [2.24, 2.45) is 5.10 Å². The molecule has 2 aromatic rings. The fourth-order valence-electron chi connectivity index (χ4n) is 2.46. The Hall–Kier alpha value is -2.45. The smallest absolute Gasteiger partial charge is 0.285 e. The zero-order valence-corrected chi connectivity index (χ0v) is 14.3. The normalized spacial score (nSPS) is 15.3. The molecule has 1 aliphatic rings. The minimum absolute atomic E-state index is 0.0413. The molecular weight excluding hydrogens is 349 g/mol. The Kier molecular flexibility index (Phi) is 5.30. The van der Waals surface area contributed by atoms with Crippen LogP contribution in [0.4, 0.5) is 15.8 Å². The van der Waals surface area contributed by atoms with Crippen molar-refractivity contribution in [2.75, 3.05) is 36.6 Å². The van der Waals surface area contributed by atoms with E-state index >= 15 is 0 Å². The van der Waals surface area contributed by atoms with Crippen molar-refractivity contribution in [1.82, 2.24) is 10.2 Å². The van der Waals surface area contributed by atoms with Gasteiger partial charge in [-0.25, -0.2) is 9.49 Å². The Morgan fingerprint density at radius 1 is 1.44 bits per heavy atom. The minimum Gasteiger partial charge on any atom is -0.378 e. The van der Waals surface area contributed by atoms with E-state index in [9.17, 15) is 9.18 Å². The molecule has 1 aromatic heterocycles. The summed E-state index contributed by atoms with van der Waals surface area (Å²) in [6.45, 7) is 4.25. The number of morpholine rings is 1. The molecule has 25 heavy (non-hydrogen) atoms. The van der Waals surface area contributed by atoms with Crippen molar-refractivity contribution in [3.8, 4) is 0 Å². The average Bonchev–Trinajstić information content (AvgIpc) is 2.63. The molecule has 0 aliphatic carbocycles. The maximum Gasteiger partial charge on any atom is 0.285 e. The summed E-state index contributed by atoms with van der Waals surface area (Å²) < 4.78 is 19.7. The summed E-state index contributed by atoms with van der Waals surface area (Å²) in [6, 6.07) is 4.96. The standard InChI is InChI=1S/C16H17ClFN5O2/c1-10(20-21-13-9-19-22-16(24)15(13)17)11-2-3-14(12(18)8-11)23-4-6-25-7-5-23/h2-3,8-9H,4-7H2,1H3,(H2,21,22,24)/b20-10-. The minimum atomic E-state index is -0.513. The highest BCUT2D eigenvalue weighted by molar-refractivity contribution is 6.32. The van der Waals surface area contributed by atoms with E-state index in [2.05, 4.69) is 20.7 Å². The molecule has 0 bridgehead atoms. The number of anilines is 2. The zero-order valence-electron chi connectivity index (χ0n) is 13.6. The lowest BCUT2D eigenvalue weighted by molar-refractivity contribution is 0.122. The molecule has 3 rings (SSSR count). The second-order valence-electron chi connectivity index (χ2n) is 5.50. The van der Waals surface area contributed by atoms with Crippen molar-refractivity contribution in [2.45, 2.75) is 6.92 Å². The van der Waals surface area contributed by atoms with Gasteiger partial charge < -0.3 is 9.64 Å². The van der Waals surface area contributed by atoms with E-state index in [1.807, 2.05) is 4.90 Å². The first-order valence-corrected chi connectivity index (χ1v) is 8.10. The van der Waals surface area contributed by atoms with E-state index < -0.39 is 5.56 Å². The Morgan fingerprint density at radius 2 is 2.20 bits per heavy atom. The van der Waals surface area contributed by atoms with Crippen LogP contribution in [-0.4, -0.2) is 42.2 Å². The van der Waals surface area contributed by atoms with Crippen molar-refractivity contribution >= 4 is 28.7 Å². The molecule has 0 atom stereocenters. The summed E-state index contributed by atoms with van der Waals surface area (Å²) in [5.74, 6) is -0.315. The summed E-state index contributed by atoms with van der Waals surface area (Å²) in [4.78, 5) is 13.3. The van der Waals surface area contributed by atoms with E-state index in [1.165, 1.54) is 12.3 Å². The van der Waals surface area contributed by atoms with Crippen LogP contribution in [0.1, 0.15) is 12.5 Å². The SMILES string of the molecule is C/C(=N/Nc1cn[nH]c(=O)c1Cl)c1ccc(N2CCOCC2)c(F)c1. The van der Waals surface area contributed by atoms with Gasteiger partial charge in [0.25, 0.3) is 5.56 Å². The molecule has 2 N–H and O–H groups in total. The summed E-state index contributed by atoms with van der Waals surface area (Å²) in [5.41, 5.74) is 4.15. The van der Waals surface area contributed by atoms with Crippen LogP contribution in [0.5, 0.6) is 0 Å². The van der Waals surface area contributed by atoms with Crippen molar-refractivity contribution in [1.29, 1.82) is 0 Å². The van der Waals surface area contributed by atoms with E-state index in [0.29, 0.717) is 43.3 Å². The van der Waals surface area contributed by atoms with E-state index in [0.717, 1.165) is 0 Å². The van der Waals surface area contributed by atoms with Crippen molar-refractivity contribution in [3.05, 3.63) is 51.2 Å². The lowest BCUT2D eigenvalue weighted by Crippen LogP contribution is -2.36. The maximum atomic E-state index is 14.4. The Bertz CT molecular complexity index is 849. The van der Waals surface area contributed by atoms with Crippen LogP contribution in [0.2, 0.25) is 5.02 Å². The first kappa shape index (κ1) is 17.4. The monoisotopic (exact) mass is 365 g/mol. The fraction of sp³-hybridized carbons (Fsp3) is 0.312. The van der Waals surface area contributed by atoms with Crippen molar-refractivity contribution in [3.63, 3.8) is 0 Å². The average molecular weight is 366 g/mol. The summed E-state index contributed by atoms with van der Waals surface area (Å²) in [5, 5.41) is 9.96. The lowest BCUT2D eigenvalue weighted by Gasteiger charge is -2.29. The van der Waals surface area contributed by atoms with Gasteiger partial charge in [0.2, 0.25) is 0 Å². The van der Waals surface area contributed by atoms with Crippen LogP contribution in [0.3, 0.4) is 0 Å². The molecule has 0 spiro atoms. The van der Waals surface area contributed by atoms with Crippen LogP contribution in [0, 0.1) is 5.82 Å². The lowest BCUT2D eigenvalue weighted by atomic mass is 10.1. The summed E-state index contributed by atoms with van der Waals surface area (Å²) in [7, 11) is 0. The number of benzene rings is 1. The Balaban J connectivity index is 1.77. The second-order valence-corrected chi connectivity index (χ2v) is 5.88. The van der Waals surface area contributed by atoms with Crippen LogP contribution in [-0.2, 0) is 4.74 Å². The van der Waals surface area contributed by atoms with Crippen LogP contribution >= 0.6 is 11.6 Å². The fourth-order valence-corrected chi connectivity index (χ4v) is 2.60. The number of nitrogens with one attached hydrogen (secondary N) is 2. The molecule has 1 saturated heterocycles. The summed E-state index contributed by atoms with van der Waals surface area (Å²) in [6.07, 6.45) is 1.35. The molecule has 2 heterocycles. The third kappa shape index (κ3) is 3.97. The molecule has 7 nitrogen and oxygen atoms in total. The van der Waals surface area contributed by atoms with Gasteiger partial charge in [-0.15, -0.1) is 0 Å². The van der Waals surface area contributed by atoms with Gasteiger partial charge in [-0.2, -0.15) is 10.2 Å². The molecule has 1 fully saturated rings. The van der Waals surface area contributed by atoms with E-state index in [-0.39, 0.29) is 16.5 Å². The molecule has 132 valence electrons. The zero-order chi connectivity index (χ0) is 17.8. The van der Waals surface area contributed by atoms with Gasteiger partial charge in [0.15, 0.2) is 0 Å². The topological polar surface area (TPSA) is 82.6 Å². The molecule has 1 aliphatic heterocycles. The largest absolute Gasteiger partial charge is 0.378 e. The van der Waals surface area contributed by atoms with Gasteiger partial charge >= 0.3 is 0 Å². The third-order valence-electron chi connectivity index (χ3n) is 3.86. The molecular formula is C16H17ClFN5O2. The molecule has 9 heteroatoms. The number of aromatic amines is 1. The number of ether oxygens (including phenoxy) is 1. The van der Waals surface area contributed by atoms with Gasteiger partial charge in [-0.3, -0.25) is 10.2 Å². The van der Waals surface area contributed by atoms with E-state index in [4.69, 9.17) is 16.3 Å². The highest BCUT2D eigenvalue weighted by Gasteiger charge is 2.15. The van der Waals surface area contributed by atoms with Gasteiger partial charge in [0, 0.05) is 18.7 Å². The predicted molar refractivity (Wildman–Crippen MR) is 95.1 cm³/mol. The predicted octanol–water partition coefficient (Wildman–Crippen LogP) is 2.24. The van der Waals surface area contributed by atoms with Gasteiger partial charge in [0.1, 0.15) is 16.5 Å². The number of aromatic nitrogens is 2. The second kappa shape index (κ2) is 7.62. The van der Waals surface area contributed by atoms with E-state index in [1.54, 1.807) is 19.1 Å². The van der Waals surface area contributed by atoms with Gasteiger partial charge in [0.05, 0.1) is 30.8 Å². The first-order chi connectivity index (χ1) is 12.1. The molecule has 0 amide bonds. The summed E-state index contributed by atoms with van der Waals surface area (Å²) >= 11 is 5.86. The van der Waals surface area contributed by atoms with Crippen LogP contribution in [0.15, 0.2) is 34.3 Å². The first-order valence-electron chi connectivity index (χ1n) is 7.72. The number of nitrogens with zero attached hydrogens (tertiary/aromatic N) is 3. The number of hydrogen-bond donors (Lipinski definition) is 2. The molecule has 0 unspecified atom stereocenters. The number of hydrazone groups is 1. The highest BCUT2D eigenvalue weighted by Crippen LogP contribution is 2.22. The number of hydrogen-bond acceptors (Lipinski definition) is 6. The maximum absolute atomic E-state index is 14.4. The van der Waals surface area contributed by atoms with Crippen LogP contribution < -0.4 is 15.9 Å². The highest BCUT2D eigenvalue weighted by atomic mass is 35.5. The number of H-pyrrole nitrogens is 1. The molecule has 0 saturated carbocycles.